The zero-order valence-corrected chi connectivity index (χ0v) is 4.62. The monoisotopic (exact) mass is 117 g/mol. The van der Waals surface area contributed by atoms with E-state index in [1.807, 2.05) is 12.2 Å². The molecule has 0 saturated heterocycles. The maximum atomic E-state index is 2.99. The van der Waals surface area contributed by atoms with Crippen LogP contribution in [0.25, 0.3) is 0 Å². The van der Waals surface area contributed by atoms with Gasteiger partial charge in [0.05, 0.1) is 0 Å². The van der Waals surface area contributed by atoms with E-state index in [-0.39, 0.29) is 17.4 Å². The van der Waals surface area contributed by atoms with Crippen molar-refractivity contribution in [3.63, 3.8) is 0 Å². The molecule has 1 rings (SSSR count). The molecule has 30 valence electrons. The molecule has 0 radical (unpaired) electrons. The van der Waals surface area contributed by atoms with Crippen LogP contribution in [0, 0.1) is 6.08 Å². The van der Waals surface area contributed by atoms with Gasteiger partial charge in [0, 0.05) is 0 Å². The Labute approximate surface area is 48.7 Å². The van der Waals surface area contributed by atoms with E-state index < -0.39 is 0 Å². The van der Waals surface area contributed by atoms with Gasteiger partial charge in [0.1, 0.15) is 0 Å². The van der Waals surface area contributed by atoms with Crippen LogP contribution in [0.4, 0.5) is 0 Å². The molecule has 0 aromatic carbocycles. The second kappa shape index (κ2) is 3.21. The van der Waals surface area contributed by atoms with Crippen molar-refractivity contribution < 1.29 is 17.4 Å². The van der Waals surface area contributed by atoms with Crippen LogP contribution in [-0.4, -0.2) is 0 Å². The molecule has 1 heteroatoms. The van der Waals surface area contributed by atoms with E-state index in [2.05, 4.69) is 12.2 Å². The van der Waals surface area contributed by atoms with Crippen LogP contribution < -0.4 is 0 Å². The van der Waals surface area contributed by atoms with E-state index in [0.29, 0.717) is 0 Å². The summed E-state index contributed by atoms with van der Waals surface area (Å²) in [7, 11) is 0. The van der Waals surface area contributed by atoms with E-state index in [9.17, 15) is 0 Å². The first-order chi connectivity index (χ1) is 2.50. The smallest absolute Gasteiger partial charge is 0.273 e. The van der Waals surface area contributed by atoms with Gasteiger partial charge in [0.2, 0.25) is 0 Å². The summed E-state index contributed by atoms with van der Waals surface area (Å²) in [6.45, 7) is 0. The number of hydrogen-bond donors (Lipinski definition) is 0. The van der Waals surface area contributed by atoms with Crippen LogP contribution in [-0.2, 0) is 17.4 Å². The molecule has 0 amide bonds. The molecule has 0 bridgehead atoms. The van der Waals surface area contributed by atoms with Crippen LogP contribution in [0.15, 0.2) is 18.2 Å². The van der Waals surface area contributed by atoms with Gasteiger partial charge in [-0.25, -0.2) is 12.2 Å². The molecular formula is C5H5Cr+. The van der Waals surface area contributed by atoms with Gasteiger partial charge in [-0.1, -0.05) is 0 Å². The Kier molecular flexibility index (Phi) is 3.22. The minimum Gasteiger partial charge on any atom is -0.273 e. The summed E-state index contributed by atoms with van der Waals surface area (Å²) in [6.07, 6.45) is 10.0. The number of rotatable bonds is 0. The minimum absolute atomic E-state index is 0. The largest absolute Gasteiger partial charge is 2.00 e. The summed E-state index contributed by atoms with van der Waals surface area (Å²) in [5, 5.41) is 0. The zero-order chi connectivity index (χ0) is 3.54. The third-order valence-corrected chi connectivity index (χ3v) is 0.586. The summed E-state index contributed by atoms with van der Waals surface area (Å²) in [4.78, 5) is 0. The number of hydrogen-bond acceptors (Lipinski definition) is 0. The maximum absolute atomic E-state index is 2.99. The molecule has 0 aromatic heterocycles. The quantitative estimate of drug-likeness (QED) is 0.419. The molecule has 1 aliphatic carbocycles. The Balaban J connectivity index is 0.000000250. The first kappa shape index (κ1) is 6.01. The fourth-order valence-corrected chi connectivity index (χ4v) is 0.340. The summed E-state index contributed by atoms with van der Waals surface area (Å²) in [5.41, 5.74) is 0. The van der Waals surface area contributed by atoms with E-state index in [4.69, 9.17) is 0 Å². The van der Waals surface area contributed by atoms with Crippen molar-refractivity contribution in [2.45, 2.75) is 6.42 Å². The molecule has 0 N–H and O–H groups in total. The molecule has 0 spiro atoms. The average molecular weight is 117 g/mol. The SMILES string of the molecule is [C-]1=CC=CC1.[Cr+2]. The van der Waals surface area contributed by atoms with Crippen molar-refractivity contribution >= 4 is 0 Å². The average Bonchev–Trinajstić information content (AvgIpc) is 1.76. The first-order valence-electron chi connectivity index (χ1n) is 1.72. The first-order valence-corrected chi connectivity index (χ1v) is 1.72. The topological polar surface area (TPSA) is 0 Å². The Morgan fingerprint density at radius 3 is 2.50 bits per heavy atom. The Bertz CT molecular complexity index is 62.0. The zero-order valence-electron chi connectivity index (χ0n) is 3.35. The van der Waals surface area contributed by atoms with Gasteiger partial charge >= 0.3 is 17.4 Å². The predicted octanol–water partition coefficient (Wildman–Crippen LogP) is 1.30. The molecule has 6 heavy (non-hydrogen) atoms. The molecule has 0 fully saturated rings. The van der Waals surface area contributed by atoms with Crippen LogP contribution in [0.5, 0.6) is 0 Å². The second-order valence-electron chi connectivity index (χ2n) is 1.00. The third-order valence-electron chi connectivity index (χ3n) is 0.586. The van der Waals surface area contributed by atoms with Crippen molar-refractivity contribution in [1.82, 2.24) is 0 Å². The number of allylic oxidation sites excluding steroid dienone is 4. The Hall–Kier alpha value is 0.0125. The van der Waals surface area contributed by atoms with Gasteiger partial charge in [0.15, 0.2) is 0 Å². The summed E-state index contributed by atoms with van der Waals surface area (Å²) < 4.78 is 0. The Morgan fingerprint density at radius 1 is 1.50 bits per heavy atom. The molecule has 0 saturated carbocycles. The van der Waals surface area contributed by atoms with Gasteiger partial charge < -0.3 is 0 Å². The van der Waals surface area contributed by atoms with E-state index in [1.165, 1.54) is 0 Å². The summed E-state index contributed by atoms with van der Waals surface area (Å²) in [6, 6.07) is 0. The van der Waals surface area contributed by atoms with Gasteiger partial charge in [-0.2, -0.15) is 6.08 Å². The van der Waals surface area contributed by atoms with Crippen LogP contribution in [0.1, 0.15) is 6.42 Å². The van der Waals surface area contributed by atoms with E-state index >= 15 is 0 Å². The predicted molar refractivity (Wildman–Crippen MR) is 21.6 cm³/mol. The molecule has 0 atom stereocenters. The van der Waals surface area contributed by atoms with Gasteiger partial charge in [-0.3, -0.25) is 6.08 Å². The van der Waals surface area contributed by atoms with Crippen molar-refractivity contribution in [3.8, 4) is 0 Å². The molecular weight excluding hydrogens is 112 g/mol. The normalized spacial score (nSPS) is 14.7. The fraction of sp³-hybridized carbons (Fsp3) is 0.200. The molecule has 0 nitrogen and oxygen atoms in total. The van der Waals surface area contributed by atoms with Gasteiger partial charge in [0.25, 0.3) is 0 Å². The van der Waals surface area contributed by atoms with Crippen molar-refractivity contribution in [2.75, 3.05) is 0 Å². The van der Waals surface area contributed by atoms with Gasteiger partial charge in [-0.15, -0.1) is 6.42 Å². The molecule has 0 aliphatic heterocycles. The second-order valence-corrected chi connectivity index (χ2v) is 1.00. The van der Waals surface area contributed by atoms with Crippen LogP contribution in [0.2, 0.25) is 0 Å². The van der Waals surface area contributed by atoms with E-state index in [1.54, 1.807) is 0 Å². The minimum atomic E-state index is 0. The van der Waals surface area contributed by atoms with Crippen LogP contribution >= 0.6 is 0 Å². The van der Waals surface area contributed by atoms with Crippen molar-refractivity contribution in [1.29, 1.82) is 0 Å². The molecule has 0 unspecified atom stereocenters. The molecule has 1 aliphatic rings. The fourth-order valence-electron chi connectivity index (χ4n) is 0.340. The summed E-state index contributed by atoms with van der Waals surface area (Å²) in [5.74, 6) is 0. The van der Waals surface area contributed by atoms with Crippen molar-refractivity contribution in [2.24, 2.45) is 0 Å². The van der Waals surface area contributed by atoms with Crippen molar-refractivity contribution in [3.05, 3.63) is 24.3 Å². The standard InChI is InChI=1S/C5H5.Cr/c1-2-4-5-3-1;/h1-3H,4H2;/q-1;+2. The maximum Gasteiger partial charge on any atom is 2.00 e. The molecule has 0 aromatic rings. The summed E-state index contributed by atoms with van der Waals surface area (Å²) >= 11 is 0. The van der Waals surface area contributed by atoms with E-state index in [0.717, 1.165) is 6.42 Å². The Morgan fingerprint density at radius 2 is 2.33 bits per heavy atom. The van der Waals surface area contributed by atoms with Gasteiger partial charge in [-0.05, 0) is 0 Å². The third kappa shape index (κ3) is 1.45. The van der Waals surface area contributed by atoms with Crippen LogP contribution in [0.3, 0.4) is 0 Å². The molecule has 0 heterocycles.